The number of nitrogens with two attached hydrogens (primary N) is 1. The van der Waals surface area contributed by atoms with Gasteiger partial charge in [-0.15, -0.1) is 0 Å². The molecule has 23 heavy (non-hydrogen) atoms. The summed E-state index contributed by atoms with van der Waals surface area (Å²) in [4.78, 5) is 3.00. The van der Waals surface area contributed by atoms with Crippen molar-refractivity contribution in [2.75, 3.05) is 5.32 Å². The number of nitrogens with one attached hydrogen (secondary N) is 4. The van der Waals surface area contributed by atoms with E-state index in [1.807, 2.05) is 6.92 Å². The Hall–Kier alpha value is -2.96. The number of nitrogen functional groups attached to an aromatic ring is 1. The lowest BCUT2D eigenvalue weighted by Gasteiger charge is -2.12. The summed E-state index contributed by atoms with van der Waals surface area (Å²) in [5.74, 6) is -1.63. The van der Waals surface area contributed by atoms with E-state index < -0.39 is 11.6 Å². The monoisotopic (exact) mass is 317 g/mol. The molecule has 0 saturated carbocycles. The summed E-state index contributed by atoms with van der Waals surface area (Å²) in [6, 6.07) is 6.68. The van der Waals surface area contributed by atoms with Crippen LogP contribution in [0, 0.1) is 22.5 Å². The zero-order valence-electron chi connectivity index (χ0n) is 12.5. The normalized spacial score (nSPS) is 12.7. The Balaban J connectivity index is 2.20. The van der Waals surface area contributed by atoms with Crippen LogP contribution in [0.15, 0.2) is 42.1 Å². The first-order valence-corrected chi connectivity index (χ1v) is 6.87. The maximum absolute atomic E-state index is 13.6. The average Bonchev–Trinajstić information content (AvgIpc) is 2.99. The Labute approximate surface area is 132 Å². The molecule has 1 unspecified atom stereocenters. The quantitative estimate of drug-likeness (QED) is 0.417. The molecule has 120 valence electrons. The predicted octanol–water partition coefficient (Wildman–Crippen LogP) is 3.33. The van der Waals surface area contributed by atoms with Gasteiger partial charge in [0.2, 0.25) is 0 Å². The number of aromatic amines is 1. The van der Waals surface area contributed by atoms with Crippen LogP contribution in [0.4, 0.5) is 14.5 Å². The zero-order chi connectivity index (χ0) is 17.0. The number of H-pyrrole nitrogens is 1. The predicted molar refractivity (Wildman–Crippen MR) is 87.1 cm³/mol. The number of aromatic nitrogens is 1. The Morgan fingerprint density at radius 1 is 1.30 bits per heavy atom. The fourth-order valence-corrected chi connectivity index (χ4v) is 2.06. The third-order valence-corrected chi connectivity index (χ3v) is 3.46. The molecule has 6 N–H and O–H groups in total. The van der Waals surface area contributed by atoms with E-state index in [1.54, 1.807) is 12.1 Å². The minimum atomic E-state index is -0.711. The zero-order valence-corrected chi connectivity index (χ0v) is 12.5. The molecule has 0 fully saturated rings. The van der Waals surface area contributed by atoms with Gasteiger partial charge < -0.3 is 21.4 Å². The Morgan fingerprint density at radius 2 is 2.04 bits per heavy atom. The minimum Gasteiger partial charge on any atom is -0.382 e. The van der Waals surface area contributed by atoms with Crippen molar-refractivity contribution in [3.8, 4) is 0 Å². The molecule has 0 aliphatic carbocycles. The van der Waals surface area contributed by atoms with Crippen LogP contribution in [0.25, 0.3) is 0 Å². The molecule has 1 heterocycles. The van der Waals surface area contributed by atoms with Gasteiger partial charge in [0, 0.05) is 30.1 Å². The highest BCUT2D eigenvalue weighted by molar-refractivity contribution is 5.93. The molecule has 0 spiro atoms. The van der Waals surface area contributed by atoms with E-state index in [-0.39, 0.29) is 17.4 Å². The number of allylic oxidation sites excluding steroid dienone is 1. The number of hydrogen-bond donors (Lipinski definition) is 5. The Kier molecular flexibility index (Phi) is 4.90. The maximum Gasteiger partial charge on any atom is 0.149 e. The molecule has 0 radical (unpaired) electrons. The van der Waals surface area contributed by atoms with E-state index in [0.29, 0.717) is 11.3 Å². The standard InChI is InChI=1S/C16H17F2N5/c1-9(13-4-5-15(23-13)16(20)21)10(7-19)8-22-14-3-2-11(17)6-12(14)18/h2-9,19,22-23H,1H3,(H3,20,21)/b10-8+,19-7?. The highest BCUT2D eigenvalue weighted by Crippen LogP contribution is 2.23. The molecule has 1 aromatic heterocycles. The third kappa shape index (κ3) is 3.82. The van der Waals surface area contributed by atoms with Gasteiger partial charge in [-0.1, -0.05) is 6.92 Å². The number of halogens is 2. The lowest BCUT2D eigenvalue weighted by Crippen LogP contribution is -2.12. The van der Waals surface area contributed by atoms with E-state index in [1.165, 1.54) is 12.3 Å². The van der Waals surface area contributed by atoms with Crippen LogP contribution in [-0.2, 0) is 0 Å². The van der Waals surface area contributed by atoms with Gasteiger partial charge in [0.25, 0.3) is 0 Å². The second-order valence-electron chi connectivity index (χ2n) is 5.02. The number of anilines is 1. The van der Waals surface area contributed by atoms with Crippen molar-refractivity contribution in [2.24, 2.45) is 5.73 Å². The molecule has 7 heteroatoms. The topological polar surface area (TPSA) is 102 Å². The van der Waals surface area contributed by atoms with Gasteiger partial charge in [0.05, 0.1) is 11.4 Å². The Bertz CT molecular complexity index is 764. The van der Waals surface area contributed by atoms with Crippen LogP contribution in [0.2, 0.25) is 0 Å². The van der Waals surface area contributed by atoms with E-state index in [2.05, 4.69) is 10.3 Å². The summed E-state index contributed by atoms with van der Waals surface area (Å²) >= 11 is 0. The van der Waals surface area contributed by atoms with Crippen LogP contribution in [0.3, 0.4) is 0 Å². The number of hydrogen-bond acceptors (Lipinski definition) is 3. The fourth-order valence-electron chi connectivity index (χ4n) is 2.06. The molecule has 1 atom stereocenters. The molecular formula is C16H17F2N5. The summed E-state index contributed by atoms with van der Waals surface area (Å²) in [6.07, 6.45) is 2.63. The van der Waals surface area contributed by atoms with Crippen LogP contribution in [0.1, 0.15) is 24.2 Å². The highest BCUT2D eigenvalue weighted by atomic mass is 19.1. The van der Waals surface area contributed by atoms with Crippen molar-refractivity contribution >= 4 is 17.7 Å². The van der Waals surface area contributed by atoms with Gasteiger partial charge in [-0.3, -0.25) is 5.41 Å². The van der Waals surface area contributed by atoms with E-state index in [4.69, 9.17) is 16.6 Å². The molecule has 5 nitrogen and oxygen atoms in total. The molecule has 1 aromatic carbocycles. The Morgan fingerprint density at radius 3 is 2.61 bits per heavy atom. The third-order valence-electron chi connectivity index (χ3n) is 3.46. The van der Waals surface area contributed by atoms with Crippen LogP contribution < -0.4 is 11.1 Å². The smallest absolute Gasteiger partial charge is 0.149 e. The van der Waals surface area contributed by atoms with Crippen molar-refractivity contribution < 1.29 is 8.78 Å². The first-order chi connectivity index (χ1) is 10.9. The number of amidine groups is 1. The molecule has 0 saturated heterocycles. The molecular weight excluding hydrogens is 300 g/mol. The molecule has 2 rings (SSSR count). The van der Waals surface area contributed by atoms with Crippen LogP contribution >= 0.6 is 0 Å². The second-order valence-corrected chi connectivity index (χ2v) is 5.02. The van der Waals surface area contributed by atoms with E-state index in [9.17, 15) is 8.78 Å². The SMILES string of the molecule is CC(/C(C=N)=C/Nc1ccc(F)cc1F)c1ccc(C(=N)N)[nH]1. The van der Waals surface area contributed by atoms with Gasteiger partial charge in [-0.2, -0.15) is 0 Å². The van der Waals surface area contributed by atoms with Gasteiger partial charge in [-0.25, -0.2) is 8.78 Å². The van der Waals surface area contributed by atoms with Crippen molar-refractivity contribution in [1.82, 2.24) is 4.98 Å². The minimum absolute atomic E-state index is 0.0738. The summed E-state index contributed by atoms with van der Waals surface area (Å²) in [5.41, 5.74) is 7.37. The van der Waals surface area contributed by atoms with Gasteiger partial charge >= 0.3 is 0 Å². The average molecular weight is 317 g/mol. The molecule has 0 aliphatic heterocycles. The number of benzene rings is 1. The first kappa shape index (κ1) is 16.4. The molecule has 0 amide bonds. The van der Waals surface area contributed by atoms with Gasteiger partial charge in [-0.05, 0) is 29.8 Å². The van der Waals surface area contributed by atoms with Crippen molar-refractivity contribution in [3.05, 3.63) is 65.1 Å². The lowest BCUT2D eigenvalue weighted by atomic mass is 9.99. The molecule has 2 aromatic rings. The maximum atomic E-state index is 13.6. The van der Waals surface area contributed by atoms with Gasteiger partial charge in [0.1, 0.15) is 17.5 Å². The van der Waals surface area contributed by atoms with Crippen LogP contribution in [-0.4, -0.2) is 17.0 Å². The van der Waals surface area contributed by atoms with Crippen LogP contribution in [0.5, 0.6) is 0 Å². The van der Waals surface area contributed by atoms with E-state index >= 15 is 0 Å². The summed E-state index contributed by atoms with van der Waals surface area (Å²) in [6.45, 7) is 1.86. The second kappa shape index (κ2) is 6.87. The highest BCUT2D eigenvalue weighted by Gasteiger charge is 2.13. The first-order valence-electron chi connectivity index (χ1n) is 6.87. The molecule has 0 bridgehead atoms. The number of rotatable bonds is 6. The largest absolute Gasteiger partial charge is 0.382 e. The molecule has 0 aliphatic rings. The summed E-state index contributed by atoms with van der Waals surface area (Å²) in [7, 11) is 0. The summed E-state index contributed by atoms with van der Waals surface area (Å²) in [5, 5.41) is 17.6. The van der Waals surface area contributed by atoms with Crippen molar-refractivity contribution in [1.29, 1.82) is 10.8 Å². The van der Waals surface area contributed by atoms with Crippen molar-refractivity contribution in [2.45, 2.75) is 12.8 Å². The summed E-state index contributed by atoms with van der Waals surface area (Å²) < 4.78 is 26.5. The van der Waals surface area contributed by atoms with Gasteiger partial charge in [0.15, 0.2) is 0 Å². The van der Waals surface area contributed by atoms with E-state index in [0.717, 1.165) is 24.0 Å². The van der Waals surface area contributed by atoms with Crippen molar-refractivity contribution in [3.63, 3.8) is 0 Å². The fraction of sp³-hybridized carbons (Fsp3) is 0.125. The lowest BCUT2D eigenvalue weighted by molar-refractivity contribution is 0.586.